The number of aromatic nitrogens is 2. The number of carbonyl (C=O) groups is 1. The Hall–Kier alpha value is -2.73. The van der Waals surface area contributed by atoms with Gasteiger partial charge in [0.05, 0.1) is 17.0 Å². The Kier molecular flexibility index (Phi) is 3.84. The Morgan fingerprint density at radius 3 is 2.73 bits per heavy atom. The SMILES string of the molecule is O=C(O)c1ccccc1-c1cnc(Cn2ccccc2=O)s1. The normalized spacial score (nSPS) is 10.5. The third kappa shape index (κ3) is 2.82. The molecule has 0 atom stereocenters. The number of hydrogen-bond donors (Lipinski definition) is 1. The zero-order valence-electron chi connectivity index (χ0n) is 11.5. The van der Waals surface area contributed by atoms with Crippen LogP contribution in [-0.2, 0) is 6.54 Å². The molecular formula is C16H12N2O3S. The molecule has 110 valence electrons. The second-order valence-electron chi connectivity index (χ2n) is 4.64. The third-order valence-corrected chi connectivity index (χ3v) is 4.20. The van der Waals surface area contributed by atoms with Crippen LogP contribution in [0.2, 0.25) is 0 Å². The van der Waals surface area contributed by atoms with Crippen LogP contribution in [0.25, 0.3) is 10.4 Å². The summed E-state index contributed by atoms with van der Waals surface area (Å²) in [5, 5.41) is 10.00. The van der Waals surface area contributed by atoms with Gasteiger partial charge >= 0.3 is 5.97 Å². The Balaban J connectivity index is 1.94. The molecule has 1 aromatic carbocycles. The van der Waals surface area contributed by atoms with Gasteiger partial charge in [-0.2, -0.15) is 0 Å². The number of thiazole rings is 1. The van der Waals surface area contributed by atoms with Gasteiger partial charge in [-0.1, -0.05) is 24.3 Å². The molecule has 3 aromatic rings. The highest BCUT2D eigenvalue weighted by Gasteiger charge is 2.13. The van der Waals surface area contributed by atoms with Crippen LogP contribution in [0.4, 0.5) is 0 Å². The topological polar surface area (TPSA) is 72.2 Å². The number of hydrogen-bond acceptors (Lipinski definition) is 4. The fraction of sp³-hybridized carbons (Fsp3) is 0.0625. The Labute approximate surface area is 130 Å². The maximum Gasteiger partial charge on any atom is 0.336 e. The van der Waals surface area contributed by atoms with Crippen LogP contribution >= 0.6 is 11.3 Å². The lowest BCUT2D eigenvalue weighted by atomic mass is 10.1. The Morgan fingerprint density at radius 1 is 1.18 bits per heavy atom. The van der Waals surface area contributed by atoms with E-state index in [1.165, 1.54) is 17.4 Å². The summed E-state index contributed by atoms with van der Waals surface area (Å²) < 4.78 is 1.56. The standard InChI is InChI=1S/C16H12N2O3S/c19-15-7-3-4-8-18(15)10-14-17-9-13(22-14)11-5-1-2-6-12(11)16(20)21/h1-9H,10H2,(H,20,21). The zero-order valence-corrected chi connectivity index (χ0v) is 12.3. The van der Waals surface area contributed by atoms with Gasteiger partial charge in [-0.25, -0.2) is 9.78 Å². The second-order valence-corrected chi connectivity index (χ2v) is 5.75. The highest BCUT2D eigenvalue weighted by Crippen LogP contribution is 2.29. The van der Waals surface area contributed by atoms with Gasteiger partial charge in [0.2, 0.25) is 0 Å². The van der Waals surface area contributed by atoms with Gasteiger partial charge < -0.3 is 9.67 Å². The van der Waals surface area contributed by atoms with Crippen molar-refractivity contribution >= 4 is 17.3 Å². The minimum atomic E-state index is -0.968. The molecule has 6 heteroatoms. The molecular weight excluding hydrogens is 300 g/mol. The van der Waals surface area contributed by atoms with E-state index >= 15 is 0 Å². The van der Waals surface area contributed by atoms with Gasteiger partial charge in [0.15, 0.2) is 0 Å². The summed E-state index contributed by atoms with van der Waals surface area (Å²) in [5.74, 6) is -0.968. The molecule has 2 aromatic heterocycles. The van der Waals surface area contributed by atoms with E-state index in [2.05, 4.69) is 4.98 Å². The molecule has 3 rings (SSSR count). The molecule has 0 amide bonds. The van der Waals surface area contributed by atoms with Crippen LogP contribution in [0.3, 0.4) is 0 Å². The number of pyridine rings is 1. The number of nitrogens with zero attached hydrogens (tertiary/aromatic N) is 2. The quantitative estimate of drug-likeness (QED) is 0.804. The molecule has 5 nitrogen and oxygen atoms in total. The molecule has 0 bridgehead atoms. The van der Waals surface area contributed by atoms with Gasteiger partial charge in [0.25, 0.3) is 5.56 Å². The third-order valence-electron chi connectivity index (χ3n) is 3.18. The largest absolute Gasteiger partial charge is 0.478 e. The van der Waals surface area contributed by atoms with Gasteiger partial charge in [-0.15, -0.1) is 11.3 Å². The average molecular weight is 312 g/mol. The predicted molar refractivity (Wildman–Crippen MR) is 84.3 cm³/mol. The van der Waals surface area contributed by atoms with Crippen LogP contribution < -0.4 is 5.56 Å². The number of aromatic carboxylic acids is 1. The fourth-order valence-corrected chi connectivity index (χ4v) is 3.09. The maximum absolute atomic E-state index is 11.7. The second kappa shape index (κ2) is 5.95. The van der Waals surface area contributed by atoms with Crippen LogP contribution in [0, 0.1) is 0 Å². The highest BCUT2D eigenvalue weighted by molar-refractivity contribution is 7.15. The summed E-state index contributed by atoms with van der Waals surface area (Å²) in [6.07, 6.45) is 3.35. The minimum Gasteiger partial charge on any atom is -0.478 e. The molecule has 0 unspecified atom stereocenters. The first-order valence-electron chi connectivity index (χ1n) is 6.58. The molecule has 0 radical (unpaired) electrons. The van der Waals surface area contributed by atoms with E-state index in [-0.39, 0.29) is 11.1 Å². The molecule has 1 N–H and O–H groups in total. The van der Waals surface area contributed by atoms with E-state index in [1.54, 1.807) is 53.4 Å². The van der Waals surface area contributed by atoms with E-state index in [0.717, 1.165) is 9.88 Å². The minimum absolute atomic E-state index is 0.0924. The lowest BCUT2D eigenvalue weighted by Crippen LogP contribution is -2.17. The lowest BCUT2D eigenvalue weighted by Gasteiger charge is -2.02. The molecule has 0 aliphatic carbocycles. The van der Waals surface area contributed by atoms with Crippen molar-refractivity contribution in [3.05, 3.63) is 75.8 Å². The van der Waals surface area contributed by atoms with E-state index in [9.17, 15) is 14.7 Å². The van der Waals surface area contributed by atoms with Crippen molar-refractivity contribution < 1.29 is 9.90 Å². The van der Waals surface area contributed by atoms with Crippen molar-refractivity contribution in [2.45, 2.75) is 6.54 Å². The monoisotopic (exact) mass is 312 g/mol. The number of rotatable bonds is 4. The number of carboxylic acids is 1. The molecule has 0 spiro atoms. The summed E-state index contributed by atoms with van der Waals surface area (Å²) in [5.41, 5.74) is 0.791. The summed E-state index contributed by atoms with van der Waals surface area (Å²) in [6, 6.07) is 11.8. The molecule has 0 saturated heterocycles. The maximum atomic E-state index is 11.7. The van der Waals surface area contributed by atoms with Crippen molar-refractivity contribution in [2.75, 3.05) is 0 Å². The molecule has 0 saturated carbocycles. The first kappa shape index (κ1) is 14.2. The molecule has 0 fully saturated rings. The number of benzene rings is 1. The van der Waals surface area contributed by atoms with Gasteiger partial charge in [0, 0.05) is 24.0 Å². The predicted octanol–water partition coefficient (Wildman–Crippen LogP) is 2.72. The fourth-order valence-electron chi connectivity index (χ4n) is 2.13. The van der Waals surface area contributed by atoms with E-state index in [1.807, 2.05) is 0 Å². The van der Waals surface area contributed by atoms with E-state index in [0.29, 0.717) is 12.1 Å². The molecule has 0 aliphatic rings. The van der Waals surface area contributed by atoms with Crippen LogP contribution in [0.5, 0.6) is 0 Å². The van der Waals surface area contributed by atoms with Crippen LogP contribution in [0.1, 0.15) is 15.4 Å². The molecule has 22 heavy (non-hydrogen) atoms. The van der Waals surface area contributed by atoms with Crippen LogP contribution in [0.15, 0.2) is 59.7 Å². The summed E-state index contributed by atoms with van der Waals surface area (Å²) >= 11 is 1.39. The molecule has 0 aliphatic heterocycles. The first-order chi connectivity index (χ1) is 10.6. The van der Waals surface area contributed by atoms with E-state index in [4.69, 9.17) is 0 Å². The Morgan fingerprint density at radius 2 is 1.95 bits per heavy atom. The summed E-state index contributed by atoms with van der Waals surface area (Å²) in [6.45, 7) is 0.375. The van der Waals surface area contributed by atoms with Gasteiger partial charge in [-0.05, 0) is 12.1 Å². The van der Waals surface area contributed by atoms with Crippen molar-refractivity contribution in [1.29, 1.82) is 0 Å². The zero-order chi connectivity index (χ0) is 15.5. The van der Waals surface area contributed by atoms with Crippen molar-refractivity contribution in [1.82, 2.24) is 9.55 Å². The van der Waals surface area contributed by atoms with Crippen molar-refractivity contribution in [3.8, 4) is 10.4 Å². The van der Waals surface area contributed by atoms with Crippen molar-refractivity contribution in [2.24, 2.45) is 0 Å². The smallest absolute Gasteiger partial charge is 0.336 e. The first-order valence-corrected chi connectivity index (χ1v) is 7.39. The van der Waals surface area contributed by atoms with Crippen molar-refractivity contribution in [3.63, 3.8) is 0 Å². The molecule has 2 heterocycles. The highest BCUT2D eigenvalue weighted by atomic mass is 32.1. The van der Waals surface area contributed by atoms with Gasteiger partial charge in [-0.3, -0.25) is 4.79 Å². The lowest BCUT2D eigenvalue weighted by molar-refractivity contribution is 0.0698. The summed E-state index contributed by atoms with van der Waals surface area (Å²) in [7, 11) is 0. The van der Waals surface area contributed by atoms with Gasteiger partial charge in [0.1, 0.15) is 5.01 Å². The average Bonchev–Trinajstić information content (AvgIpc) is 2.98. The Bertz CT molecular complexity index is 883. The van der Waals surface area contributed by atoms with E-state index < -0.39 is 5.97 Å². The summed E-state index contributed by atoms with van der Waals surface area (Å²) in [4.78, 5) is 28.1. The van der Waals surface area contributed by atoms with Crippen LogP contribution in [-0.4, -0.2) is 20.6 Å². The number of carboxylic acid groups (broad SMARTS) is 1.